The molecule has 0 fully saturated rings. The van der Waals surface area contributed by atoms with Crippen molar-refractivity contribution in [3.8, 4) is 5.75 Å². The second kappa shape index (κ2) is 7.83. The molecule has 0 spiro atoms. The number of thioether (sulfide) groups is 1. The number of benzene rings is 2. The number of rotatable bonds is 7. The van der Waals surface area contributed by atoms with Gasteiger partial charge >= 0.3 is 0 Å². The summed E-state index contributed by atoms with van der Waals surface area (Å²) in [6.07, 6.45) is 2.26. The summed E-state index contributed by atoms with van der Waals surface area (Å²) < 4.78 is 11.4. The quantitative estimate of drug-likeness (QED) is 0.571. The number of nitrogens with one attached hydrogen (secondary N) is 1. The smallest absolute Gasteiger partial charge is 0.237 e. The normalized spacial score (nSPS) is 12.4. The molecule has 3 aromatic rings. The Kier molecular flexibility index (Phi) is 5.53. The van der Waals surface area contributed by atoms with Crippen molar-refractivity contribution < 1.29 is 13.9 Å². The van der Waals surface area contributed by atoms with Gasteiger partial charge in [0, 0.05) is 16.8 Å². The van der Waals surface area contributed by atoms with Crippen molar-refractivity contribution in [2.45, 2.75) is 31.9 Å². The highest BCUT2D eigenvalue weighted by atomic mass is 32.2. The van der Waals surface area contributed by atoms with E-state index in [0.717, 1.165) is 40.5 Å². The number of carbonyl (C=O) groups excluding carboxylic acids is 1. The van der Waals surface area contributed by atoms with E-state index >= 15 is 0 Å². The van der Waals surface area contributed by atoms with Crippen molar-refractivity contribution in [2.75, 3.05) is 18.2 Å². The average molecular weight is 357 g/mol. The van der Waals surface area contributed by atoms with Crippen LogP contribution >= 0.6 is 11.8 Å². The predicted octanol–water partition coefficient (Wildman–Crippen LogP) is 5.45. The monoisotopic (exact) mass is 357 g/mol. The molecule has 0 bridgehead atoms. The van der Waals surface area contributed by atoms with E-state index in [1.54, 1.807) is 18.9 Å². The van der Waals surface area contributed by atoms with E-state index in [2.05, 4.69) is 12.2 Å². The fourth-order valence-corrected chi connectivity index (χ4v) is 3.75. The Bertz CT molecular complexity index is 887. The van der Waals surface area contributed by atoms with Crippen LogP contribution in [0.5, 0.6) is 5.75 Å². The Balaban J connectivity index is 1.87. The number of hydrogen-bond donors (Lipinski definition) is 1. The van der Waals surface area contributed by atoms with Crippen LogP contribution in [0.25, 0.3) is 21.9 Å². The highest BCUT2D eigenvalue weighted by Gasteiger charge is 2.17. The van der Waals surface area contributed by atoms with E-state index in [9.17, 15) is 4.79 Å². The molecule has 1 unspecified atom stereocenters. The van der Waals surface area contributed by atoms with Crippen molar-refractivity contribution >= 4 is 45.3 Å². The summed E-state index contributed by atoms with van der Waals surface area (Å²) in [6.45, 7) is 4.08. The van der Waals surface area contributed by atoms with E-state index in [0.29, 0.717) is 11.4 Å². The van der Waals surface area contributed by atoms with Gasteiger partial charge in [-0.2, -0.15) is 0 Å². The molecule has 0 aliphatic heterocycles. The van der Waals surface area contributed by atoms with Gasteiger partial charge in [0.2, 0.25) is 5.91 Å². The maximum atomic E-state index is 12.5. The van der Waals surface area contributed by atoms with E-state index in [1.807, 2.05) is 43.3 Å². The van der Waals surface area contributed by atoms with Crippen LogP contribution in [0.2, 0.25) is 0 Å². The molecule has 2 aromatic carbocycles. The van der Waals surface area contributed by atoms with Crippen LogP contribution in [0.15, 0.2) is 40.8 Å². The molecule has 0 radical (unpaired) electrons. The van der Waals surface area contributed by atoms with Crippen molar-refractivity contribution in [2.24, 2.45) is 0 Å². The molecule has 1 atom stereocenters. The summed E-state index contributed by atoms with van der Waals surface area (Å²) in [4.78, 5) is 12.5. The summed E-state index contributed by atoms with van der Waals surface area (Å²) in [7, 11) is 1.61. The number of amides is 1. The molecular formula is C20H23NO3S. The molecule has 5 heteroatoms. The van der Waals surface area contributed by atoms with Gasteiger partial charge in [0.25, 0.3) is 0 Å². The topological polar surface area (TPSA) is 51.5 Å². The van der Waals surface area contributed by atoms with Crippen molar-refractivity contribution in [3.63, 3.8) is 0 Å². The van der Waals surface area contributed by atoms with Crippen molar-refractivity contribution in [3.05, 3.63) is 36.4 Å². The highest BCUT2D eigenvalue weighted by molar-refractivity contribution is 8.00. The molecule has 132 valence electrons. The van der Waals surface area contributed by atoms with Crippen LogP contribution in [0.3, 0.4) is 0 Å². The van der Waals surface area contributed by atoms with Gasteiger partial charge in [-0.15, -0.1) is 11.8 Å². The minimum absolute atomic E-state index is 0.0186. The Morgan fingerprint density at radius 2 is 2.04 bits per heavy atom. The third-order valence-corrected chi connectivity index (χ3v) is 5.43. The lowest BCUT2D eigenvalue weighted by molar-refractivity contribution is -0.115. The van der Waals surface area contributed by atoms with Gasteiger partial charge in [-0.05, 0) is 31.2 Å². The number of fused-ring (bicyclic) bond motifs is 3. The second-order valence-corrected chi connectivity index (χ2v) is 7.45. The lowest BCUT2D eigenvalue weighted by Gasteiger charge is -2.14. The molecule has 0 saturated carbocycles. The standard InChI is InChI=1S/C20H23NO3S/c1-4-5-10-25-13(2)20(22)21-16-12-18-15(11-19(16)23-3)14-8-6-7-9-17(14)24-18/h6-9,11-13H,4-5,10H2,1-3H3,(H,21,22). The number of hydrogen-bond acceptors (Lipinski definition) is 4. The Hall–Kier alpha value is -2.14. The first kappa shape index (κ1) is 17.7. The SMILES string of the molecule is CCCCSC(C)C(=O)Nc1cc2oc3ccccc3c2cc1OC. The average Bonchev–Trinajstić information content (AvgIpc) is 2.98. The number of unbranched alkanes of at least 4 members (excludes halogenated alkanes) is 1. The number of carbonyl (C=O) groups is 1. The van der Waals surface area contributed by atoms with Gasteiger partial charge in [0.15, 0.2) is 0 Å². The van der Waals surface area contributed by atoms with Crippen LogP contribution in [-0.2, 0) is 4.79 Å². The molecular weight excluding hydrogens is 334 g/mol. The van der Waals surface area contributed by atoms with Crippen molar-refractivity contribution in [1.82, 2.24) is 0 Å². The number of ether oxygens (including phenoxy) is 1. The Labute approximate surface area is 151 Å². The predicted molar refractivity (Wildman–Crippen MR) is 106 cm³/mol. The zero-order valence-electron chi connectivity index (χ0n) is 14.8. The Morgan fingerprint density at radius 3 is 2.80 bits per heavy atom. The summed E-state index contributed by atoms with van der Waals surface area (Å²) in [5, 5.41) is 4.89. The number of para-hydroxylation sites is 1. The van der Waals surface area contributed by atoms with Crippen LogP contribution in [0.1, 0.15) is 26.7 Å². The largest absolute Gasteiger partial charge is 0.495 e. The first-order chi connectivity index (χ1) is 12.1. The third kappa shape index (κ3) is 3.76. The number of methoxy groups -OCH3 is 1. The molecule has 3 rings (SSSR count). The Morgan fingerprint density at radius 1 is 1.24 bits per heavy atom. The van der Waals surface area contributed by atoms with Crippen LogP contribution in [0, 0.1) is 0 Å². The lowest BCUT2D eigenvalue weighted by atomic mass is 10.1. The van der Waals surface area contributed by atoms with E-state index in [4.69, 9.17) is 9.15 Å². The first-order valence-electron chi connectivity index (χ1n) is 8.55. The van der Waals surface area contributed by atoms with Crippen LogP contribution < -0.4 is 10.1 Å². The fraction of sp³-hybridized carbons (Fsp3) is 0.350. The van der Waals surface area contributed by atoms with E-state index in [1.165, 1.54) is 0 Å². The number of anilines is 1. The molecule has 0 saturated heterocycles. The van der Waals surface area contributed by atoms with E-state index in [-0.39, 0.29) is 11.2 Å². The maximum absolute atomic E-state index is 12.5. The van der Waals surface area contributed by atoms with Gasteiger partial charge in [-0.25, -0.2) is 0 Å². The minimum atomic E-state index is -0.109. The molecule has 1 N–H and O–H groups in total. The molecule has 0 aliphatic rings. The molecule has 4 nitrogen and oxygen atoms in total. The van der Waals surface area contributed by atoms with Crippen LogP contribution in [-0.4, -0.2) is 24.0 Å². The zero-order chi connectivity index (χ0) is 17.8. The first-order valence-corrected chi connectivity index (χ1v) is 9.60. The van der Waals surface area contributed by atoms with Gasteiger partial charge in [-0.1, -0.05) is 31.5 Å². The fourth-order valence-electron chi connectivity index (χ4n) is 2.73. The molecule has 0 aliphatic carbocycles. The van der Waals surface area contributed by atoms with Crippen LogP contribution in [0.4, 0.5) is 5.69 Å². The third-order valence-electron chi connectivity index (χ3n) is 4.19. The minimum Gasteiger partial charge on any atom is -0.495 e. The second-order valence-electron chi connectivity index (χ2n) is 6.00. The highest BCUT2D eigenvalue weighted by Crippen LogP contribution is 2.36. The number of furan rings is 1. The summed E-state index contributed by atoms with van der Waals surface area (Å²) in [6, 6.07) is 11.6. The maximum Gasteiger partial charge on any atom is 0.237 e. The van der Waals surface area contributed by atoms with E-state index < -0.39 is 0 Å². The summed E-state index contributed by atoms with van der Waals surface area (Å²) in [5.74, 6) is 1.61. The summed E-state index contributed by atoms with van der Waals surface area (Å²) >= 11 is 1.67. The van der Waals surface area contributed by atoms with Gasteiger partial charge in [0.1, 0.15) is 16.9 Å². The van der Waals surface area contributed by atoms with Gasteiger partial charge in [0.05, 0.1) is 18.0 Å². The molecule has 1 amide bonds. The lowest BCUT2D eigenvalue weighted by Crippen LogP contribution is -2.23. The molecule has 1 aromatic heterocycles. The summed E-state index contributed by atoms with van der Waals surface area (Å²) in [5.41, 5.74) is 2.21. The molecule has 1 heterocycles. The van der Waals surface area contributed by atoms with Gasteiger partial charge < -0.3 is 14.5 Å². The van der Waals surface area contributed by atoms with Crippen molar-refractivity contribution in [1.29, 1.82) is 0 Å². The molecule has 25 heavy (non-hydrogen) atoms. The zero-order valence-corrected chi connectivity index (χ0v) is 15.6. The van der Waals surface area contributed by atoms with Gasteiger partial charge in [-0.3, -0.25) is 4.79 Å².